The van der Waals surface area contributed by atoms with Crippen LogP contribution in [0.1, 0.15) is 77.5 Å². The maximum absolute atomic E-state index is 15.5. The second-order valence-corrected chi connectivity index (χ2v) is 15.1. The largest absolute Gasteiger partial charge is 3.00 e. The van der Waals surface area contributed by atoms with E-state index >= 15 is 4.39 Å². The summed E-state index contributed by atoms with van der Waals surface area (Å²) in [7, 11) is 0. The zero-order chi connectivity index (χ0) is 52.7. The number of aromatic nitrogens is 3. The fourth-order valence-corrected chi connectivity index (χ4v) is 6.83. The van der Waals surface area contributed by atoms with Crippen LogP contribution >= 0.6 is 0 Å². The molecule has 0 saturated carbocycles. The standard InChI is InChI=1S/C55H45FN3O.Ir/c1-55(2,3)52-48(56)27-26-46-45-15-10-16-47(53(45)60-54(46)52)51-30-25-39(36-59-51)19-22-42-32-40(20-17-37-23-28-49(57-34-37)43-11-6-4-7-12-43)31-41(33-42)21-18-38-24-29-50(58-35-38)44-13-8-5-9-14-44;/h4-11,13,15,23-36H,17-22H2,1-3H3;/q-3;+3/i17D2,18D2,19D2,20D2,21D2,22D2,27D;. The maximum atomic E-state index is 15.5. The molecule has 5 aromatic carbocycles. The van der Waals surface area contributed by atoms with E-state index in [2.05, 4.69) is 33.2 Å². The van der Waals surface area contributed by atoms with Crippen molar-refractivity contribution in [1.82, 2.24) is 15.0 Å². The topological polar surface area (TPSA) is 51.8 Å². The van der Waals surface area contributed by atoms with E-state index in [1.165, 1.54) is 42.5 Å². The smallest absolute Gasteiger partial charge is 0.500 e. The summed E-state index contributed by atoms with van der Waals surface area (Å²) >= 11 is 0. The maximum Gasteiger partial charge on any atom is 3.00 e. The first kappa shape index (κ1) is 28.5. The molecule has 4 heterocycles. The quantitative estimate of drug-likeness (QED) is 0.114. The third-order valence-corrected chi connectivity index (χ3v) is 9.73. The molecule has 0 amide bonds. The van der Waals surface area contributed by atoms with Crippen LogP contribution in [0.3, 0.4) is 0 Å². The van der Waals surface area contributed by atoms with E-state index < -0.39 is 66.2 Å². The molecule has 0 aliphatic heterocycles. The molecule has 0 atom stereocenters. The van der Waals surface area contributed by atoms with E-state index in [1.54, 1.807) is 60.7 Å². The van der Waals surface area contributed by atoms with Gasteiger partial charge in [0.25, 0.3) is 0 Å². The first-order chi connectivity index (χ1) is 34.2. The molecule has 9 aromatic rings. The molecular weight excluding hydrogens is 930 g/mol. The van der Waals surface area contributed by atoms with Crippen LogP contribution in [0.15, 0.2) is 150 Å². The van der Waals surface area contributed by atoms with Gasteiger partial charge in [-0.1, -0.05) is 86.3 Å². The number of aryl methyl sites for hydroxylation is 6. The van der Waals surface area contributed by atoms with Crippen LogP contribution in [-0.2, 0) is 63.8 Å². The van der Waals surface area contributed by atoms with Gasteiger partial charge in [-0.2, -0.15) is 0 Å². The van der Waals surface area contributed by atoms with Gasteiger partial charge >= 0.3 is 20.1 Å². The van der Waals surface area contributed by atoms with Crippen molar-refractivity contribution in [3.05, 3.63) is 209 Å². The summed E-state index contributed by atoms with van der Waals surface area (Å²) in [5.41, 5.74) is 0.107. The van der Waals surface area contributed by atoms with Crippen LogP contribution < -0.4 is 0 Å². The number of furan rings is 1. The normalized spacial score (nSPS) is 16.1. The van der Waals surface area contributed by atoms with Gasteiger partial charge in [0.1, 0.15) is 11.4 Å². The average molecular weight is 988 g/mol. The number of hydrogen-bond acceptors (Lipinski definition) is 4. The molecule has 0 unspecified atom stereocenters. The van der Waals surface area contributed by atoms with Crippen LogP contribution in [-0.4, -0.2) is 15.0 Å². The first-order valence-electron chi connectivity index (χ1n) is 25.8. The average Bonchev–Trinajstić information content (AvgIpc) is 3.74. The molecule has 61 heavy (non-hydrogen) atoms. The summed E-state index contributed by atoms with van der Waals surface area (Å²) in [5.74, 6) is -0.707. The number of nitrogens with zero attached hydrogens (tertiary/aromatic N) is 3. The van der Waals surface area contributed by atoms with E-state index in [1.807, 2.05) is 20.8 Å². The van der Waals surface area contributed by atoms with E-state index in [0.29, 0.717) is 38.9 Å². The monoisotopic (exact) mass is 988 g/mol. The number of benzene rings is 5. The molecule has 6 heteroatoms. The molecule has 0 fully saturated rings. The fourth-order valence-electron chi connectivity index (χ4n) is 6.83. The fraction of sp³-hybridized carbons (Fsp3) is 0.182. The van der Waals surface area contributed by atoms with Crippen LogP contribution in [0.2, 0.25) is 0 Å². The van der Waals surface area contributed by atoms with E-state index in [9.17, 15) is 16.4 Å². The Morgan fingerprint density at radius 3 is 1.48 bits per heavy atom. The Balaban J connectivity index is 0.00000729. The van der Waals surface area contributed by atoms with Gasteiger partial charge in [0.15, 0.2) is 0 Å². The molecule has 0 radical (unpaired) electrons. The van der Waals surface area contributed by atoms with Gasteiger partial charge in [-0.15, -0.1) is 90.0 Å². The van der Waals surface area contributed by atoms with Crippen molar-refractivity contribution in [3.63, 3.8) is 0 Å². The summed E-state index contributed by atoms with van der Waals surface area (Å²) in [6.45, 7) is 5.42. The minimum atomic E-state index is -3.16. The van der Waals surface area contributed by atoms with Crippen LogP contribution in [0.25, 0.3) is 55.7 Å². The Labute approximate surface area is 389 Å². The predicted molar refractivity (Wildman–Crippen MR) is 240 cm³/mol. The van der Waals surface area contributed by atoms with E-state index in [4.69, 9.17) is 5.79 Å². The summed E-state index contributed by atoms with van der Waals surface area (Å²) < 4.78 is 142. The van der Waals surface area contributed by atoms with Gasteiger partial charge in [0.05, 0.1) is 6.95 Å². The molecule has 4 nitrogen and oxygen atoms in total. The van der Waals surface area contributed by atoms with Gasteiger partial charge in [0, 0.05) is 46.0 Å². The Morgan fingerprint density at radius 1 is 0.557 bits per heavy atom. The number of hydrogen-bond donors (Lipinski definition) is 0. The third kappa shape index (κ3) is 9.47. The number of halogens is 1. The number of pyridine rings is 3. The minimum absolute atomic E-state index is 0. The Bertz CT molecular complexity index is 3390. The number of fused-ring (bicyclic) bond motifs is 3. The molecule has 0 N–H and O–H groups in total. The van der Waals surface area contributed by atoms with Crippen molar-refractivity contribution in [2.75, 3.05) is 0 Å². The zero-order valence-electron chi connectivity index (χ0n) is 46.2. The van der Waals surface area contributed by atoms with Crippen molar-refractivity contribution in [3.8, 4) is 33.8 Å². The van der Waals surface area contributed by atoms with Crippen molar-refractivity contribution in [2.45, 2.75) is 64.4 Å². The summed E-state index contributed by atoms with van der Waals surface area (Å²) in [5, 5.41) is 1.06. The summed E-state index contributed by atoms with van der Waals surface area (Å²) in [6, 6.07) is 38.8. The molecular formula is C55H45FIrN3O. The number of rotatable bonds is 12. The van der Waals surface area contributed by atoms with Gasteiger partial charge in [-0.05, 0) is 106 Å². The summed E-state index contributed by atoms with van der Waals surface area (Å²) in [4.78, 5) is 13.2. The Kier molecular flexibility index (Phi) is 8.52. The summed E-state index contributed by atoms with van der Waals surface area (Å²) in [6.07, 6.45) is -14.8. The zero-order valence-corrected chi connectivity index (χ0v) is 35.6. The van der Waals surface area contributed by atoms with Crippen molar-refractivity contribution >= 4 is 21.9 Å². The van der Waals surface area contributed by atoms with E-state index in [-0.39, 0.29) is 65.3 Å². The molecule has 0 saturated heterocycles. The van der Waals surface area contributed by atoms with Gasteiger partial charge in [-0.25, -0.2) is 4.39 Å². The van der Waals surface area contributed by atoms with Crippen LogP contribution in [0.5, 0.6) is 0 Å². The molecule has 0 bridgehead atoms. The predicted octanol–water partition coefficient (Wildman–Crippen LogP) is 13.0. The second kappa shape index (κ2) is 18.3. The van der Waals surface area contributed by atoms with Crippen molar-refractivity contribution < 1.29 is 46.7 Å². The molecule has 4 aromatic heterocycles. The van der Waals surface area contributed by atoms with Crippen molar-refractivity contribution in [1.29, 1.82) is 0 Å². The van der Waals surface area contributed by atoms with Crippen molar-refractivity contribution in [2.24, 2.45) is 0 Å². The van der Waals surface area contributed by atoms with Gasteiger partial charge in [0.2, 0.25) is 0 Å². The van der Waals surface area contributed by atoms with Gasteiger partial charge in [-0.3, -0.25) is 0 Å². The molecule has 0 aliphatic rings. The SMILES string of the molecule is [2H]c1cc2c(oc3c(-c4ccc(C([2H])([2H])C([2H])([2H])c5cc(C([2H])([2H])C([2H])([2H])c6ccc(-c7[c-]cccc7)nc6)cc(C([2H])([2H])C([2H])([2H])c6ccc(-c7[c-]cccc7)nc6)c5)cn4)[c-]ccc32)c(C(C)(C)C)c1F.[Ir+3]. The Morgan fingerprint density at radius 2 is 1.03 bits per heavy atom. The molecule has 9 rings (SSSR count). The third-order valence-electron chi connectivity index (χ3n) is 9.73. The van der Waals surface area contributed by atoms with Crippen LogP contribution in [0, 0.1) is 24.0 Å². The molecule has 0 aliphatic carbocycles. The van der Waals surface area contributed by atoms with Gasteiger partial charge < -0.3 is 19.4 Å². The first-order valence-corrected chi connectivity index (χ1v) is 19.3. The molecule has 0 spiro atoms. The minimum Gasteiger partial charge on any atom is -0.500 e. The second-order valence-electron chi connectivity index (χ2n) is 15.1. The Hall–Kier alpha value is -6.07. The van der Waals surface area contributed by atoms with Crippen LogP contribution in [0.4, 0.5) is 4.39 Å². The molecule has 302 valence electrons. The van der Waals surface area contributed by atoms with E-state index in [0.717, 1.165) is 36.8 Å².